The number of esters is 1. The fourth-order valence-electron chi connectivity index (χ4n) is 4.16. The van der Waals surface area contributed by atoms with E-state index in [-0.39, 0.29) is 42.0 Å². The highest BCUT2D eigenvalue weighted by Crippen LogP contribution is 2.31. The summed E-state index contributed by atoms with van der Waals surface area (Å²) in [5.41, 5.74) is 4.99. The van der Waals surface area contributed by atoms with Crippen LogP contribution in [0.1, 0.15) is 61.9 Å². The van der Waals surface area contributed by atoms with Crippen LogP contribution in [0.25, 0.3) is 0 Å². The van der Waals surface area contributed by atoms with Gasteiger partial charge in [0.2, 0.25) is 5.91 Å². The summed E-state index contributed by atoms with van der Waals surface area (Å²) >= 11 is 0. The third kappa shape index (κ3) is 8.03. The minimum Gasteiger partial charge on any atom is -0.466 e. The molecule has 33 heavy (non-hydrogen) atoms. The van der Waals surface area contributed by atoms with Crippen LogP contribution in [0.2, 0.25) is 0 Å². The molecule has 0 spiro atoms. The van der Waals surface area contributed by atoms with Gasteiger partial charge in [-0.2, -0.15) is 13.2 Å². The molecule has 1 aliphatic rings. The molecule has 0 aromatic heterocycles. The number of alkyl halides is 3. The van der Waals surface area contributed by atoms with Gasteiger partial charge in [0.15, 0.2) is 0 Å². The lowest BCUT2D eigenvalue weighted by molar-refractivity contribution is -0.149. The Bertz CT molecular complexity index is 831. The van der Waals surface area contributed by atoms with E-state index in [9.17, 15) is 27.6 Å². The van der Waals surface area contributed by atoms with Crippen LogP contribution in [0.3, 0.4) is 0 Å². The molecule has 1 fully saturated rings. The Hall–Kier alpha value is -2.62. The van der Waals surface area contributed by atoms with E-state index in [1.54, 1.807) is 6.92 Å². The summed E-state index contributed by atoms with van der Waals surface area (Å²) in [4.78, 5) is 36.9. The van der Waals surface area contributed by atoms with Crippen LogP contribution in [0.4, 0.5) is 13.2 Å². The number of amides is 2. The van der Waals surface area contributed by atoms with Gasteiger partial charge in [-0.3, -0.25) is 14.4 Å². The summed E-state index contributed by atoms with van der Waals surface area (Å²) in [6.45, 7) is 3.57. The molecule has 184 valence electrons. The second-order valence-corrected chi connectivity index (χ2v) is 8.36. The number of halogens is 3. The third-order valence-electron chi connectivity index (χ3n) is 5.93. The van der Waals surface area contributed by atoms with Crippen molar-refractivity contribution in [2.75, 3.05) is 13.2 Å². The van der Waals surface area contributed by atoms with Crippen LogP contribution in [-0.2, 0) is 20.5 Å². The van der Waals surface area contributed by atoms with E-state index in [0.29, 0.717) is 38.7 Å². The Labute approximate surface area is 191 Å². The standard InChI is InChI=1S/C23H32F3N3O4/c1-3-14(22(32)33-4-2)10-16-12-18(27)8-9-19(16)29-20(30)13-28-21(31)15-6-5-7-17(11-15)23(24,25)26/h5-7,11,14,16,18-19H,3-4,8-10,12-13,27H2,1-2H3,(H,28,31)(H,29,30)/t14?,16-,18-,19+/m1/s1. The first-order valence-electron chi connectivity index (χ1n) is 11.2. The van der Waals surface area contributed by atoms with Gasteiger partial charge in [0, 0.05) is 17.6 Å². The van der Waals surface area contributed by atoms with Crippen molar-refractivity contribution in [1.82, 2.24) is 10.6 Å². The van der Waals surface area contributed by atoms with Gasteiger partial charge in [0.1, 0.15) is 0 Å². The molecular weight excluding hydrogens is 439 g/mol. The Morgan fingerprint density at radius 1 is 1.21 bits per heavy atom. The van der Waals surface area contributed by atoms with Crippen LogP contribution >= 0.6 is 0 Å². The fourth-order valence-corrected chi connectivity index (χ4v) is 4.16. The van der Waals surface area contributed by atoms with E-state index in [1.165, 1.54) is 6.07 Å². The number of hydrogen-bond acceptors (Lipinski definition) is 5. The summed E-state index contributed by atoms with van der Waals surface area (Å²) in [6, 6.07) is 3.76. The number of ether oxygens (including phenoxy) is 1. The smallest absolute Gasteiger partial charge is 0.416 e. The Balaban J connectivity index is 1.95. The molecule has 10 heteroatoms. The lowest BCUT2D eigenvalue weighted by Crippen LogP contribution is -2.49. The molecule has 0 bridgehead atoms. The van der Waals surface area contributed by atoms with Crippen molar-refractivity contribution in [1.29, 1.82) is 0 Å². The van der Waals surface area contributed by atoms with Gasteiger partial charge >= 0.3 is 12.1 Å². The zero-order valence-corrected chi connectivity index (χ0v) is 18.9. The molecule has 1 aromatic carbocycles. The molecule has 1 aliphatic carbocycles. The predicted octanol–water partition coefficient (Wildman–Crippen LogP) is 3.03. The maximum atomic E-state index is 12.8. The van der Waals surface area contributed by atoms with Gasteiger partial charge in [0.05, 0.1) is 24.6 Å². The van der Waals surface area contributed by atoms with E-state index in [0.717, 1.165) is 18.2 Å². The topological polar surface area (TPSA) is 111 Å². The first-order valence-corrected chi connectivity index (χ1v) is 11.2. The molecule has 1 saturated carbocycles. The minimum absolute atomic E-state index is 0.0220. The molecule has 1 aromatic rings. The molecule has 0 saturated heterocycles. The number of rotatable bonds is 9. The summed E-state index contributed by atoms with van der Waals surface area (Å²) in [5.74, 6) is -1.80. The quantitative estimate of drug-likeness (QED) is 0.480. The van der Waals surface area contributed by atoms with E-state index in [4.69, 9.17) is 10.5 Å². The third-order valence-corrected chi connectivity index (χ3v) is 5.93. The Morgan fingerprint density at radius 2 is 1.94 bits per heavy atom. The Kier molecular flexibility index (Phi) is 9.70. The van der Waals surface area contributed by atoms with Crippen LogP contribution < -0.4 is 16.4 Å². The van der Waals surface area contributed by atoms with Crippen molar-refractivity contribution in [3.63, 3.8) is 0 Å². The predicted molar refractivity (Wildman–Crippen MR) is 116 cm³/mol. The fraction of sp³-hybridized carbons (Fsp3) is 0.609. The lowest BCUT2D eigenvalue weighted by atomic mass is 9.76. The zero-order chi connectivity index (χ0) is 24.6. The summed E-state index contributed by atoms with van der Waals surface area (Å²) in [5, 5.41) is 5.25. The maximum Gasteiger partial charge on any atom is 0.416 e. The highest BCUT2D eigenvalue weighted by atomic mass is 19.4. The number of benzene rings is 1. The summed E-state index contributed by atoms with van der Waals surface area (Å²) in [6.07, 6.45) is -1.42. The molecule has 4 atom stereocenters. The van der Waals surface area contributed by atoms with E-state index < -0.39 is 23.6 Å². The van der Waals surface area contributed by atoms with Gasteiger partial charge in [-0.15, -0.1) is 0 Å². The highest BCUT2D eigenvalue weighted by molar-refractivity contribution is 5.96. The van der Waals surface area contributed by atoms with Gasteiger partial charge in [-0.1, -0.05) is 13.0 Å². The van der Waals surface area contributed by atoms with Gasteiger partial charge in [0.25, 0.3) is 5.91 Å². The first-order chi connectivity index (χ1) is 15.5. The van der Waals surface area contributed by atoms with Crippen molar-refractivity contribution in [2.24, 2.45) is 17.6 Å². The monoisotopic (exact) mass is 471 g/mol. The van der Waals surface area contributed by atoms with Crippen LogP contribution in [-0.4, -0.2) is 43.0 Å². The van der Waals surface area contributed by atoms with E-state index in [2.05, 4.69) is 10.6 Å². The van der Waals surface area contributed by atoms with Crippen molar-refractivity contribution in [2.45, 2.75) is 64.2 Å². The maximum absolute atomic E-state index is 12.8. The van der Waals surface area contributed by atoms with Crippen molar-refractivity contribution in [3.05, 3.63) is 35.4 Å². The van der Waals surface area contributed by atoms with Crippen molar-refractivity contribution >= 4 is 17.8 Å². The largest absolute Gasteiger partial charge is 0.466 e. The summed E-state index contributed by atoms with van der Waals surface area (Å²) < 4.78 is 43.7. The van der Waals surface area contributed by atoms with Crippen molar-refractivity contribution < 1.29 is 32.3 Å². The Morgan fingerprint density at radius 3 is 2.58 bits per heavy atom. The average molecular weight is 472 g/mol. The van der Waals surface area contributed by atoms with Crippen LogP contribution in [0.5, 0.6) is 0 Å². The van der Waals surface area contributed by atoms with Crippen molar-refractivity contribution in [3.8, 4) is 0 Å². The second-order valence-electron chi connectivity index (χ2n) is 8.36. The zero-order valence-electron chi connectivity index (χ0n) is 18.9. The molecule has 0 heterocycles. The lowest BCUT2D eigenvalue weighted by Gasteiger charge is -2.36. The molecule has 2 amide bonds. The summed E-state index contributed by atoms with van der Waals surface area (Å²) in [7, 11) is 0. The van der Waals surface area contributed by atoms with Crippen LogP contribution in [0, 0.1) is 11.8 Å². The SMILES string of the molecule is CCOC(=O)C(CC)C[C@@H]1C[C@H](N)CC[C@@H]1NC(=O)CNC(=O)c1cccc(C(F)(F)F)c1. The molecule has 7 nitrogen and oxygen atoms in total. The molecule has 4 N–H and O–H groups in total. The van der Waals surface area contributed by atoms with Crippen LogP contribution in [0.15, 0.2) is 24.3 Å². The number of carbonyl (C=O) groups is 3. The number of hydrogen-bond donors (Lipinski definition) is 3. The first kappa shape index (κ1) is 26.6. The van der Waals surface area contributed by atoms with E-state index >= 15 is 0 Å². The number of nitrogens with one attached hydrogen (secondary N) is 2. The average Bonchev–Trinajstić information content (AvgIpc) is 2.77. The number of nitrogens with two attached hydrogens (primary N) is 1. The molecular formula is C23H32F3N3O4. The molecule has 2 rings (SSSR count). The molecule has 0 radical (unpaired) electrons. The highest BCUT2D eigenvalue weighted by Gasteiger charge is 2.34. The van der Waals surface area contributed by atoms with E-state index in [1.807, 2.05) is 6.92 Å². The normalized spacial score (nSPS) is 21.7. The molecule has 1 unspecified atom stereocenters. The second kappa shape index (κ2) is 12.0. The minimum atomic E-state index is -4.57. The molecule has 0 aliphatic heterocycles. The van der Waals surface area contributed by atoms with Gasteiger partial charge in [-0.05, 0) is 63.1 Å². The van der Waals surface area contributed by atoms with Gasteiger partial charge < -0.3 is 21.1 Å². The number of carbonyl (C=O) groups excluding carboxylic acids is 3. The van der Waals surface area contributed by atoms with Gasteiger partial charge in [-0.25, -0.2) is 0 Å².